The molecule has 228 valence electrons. The Morgan fingerprint density at radius 2 is 1.93 bits per heavy atom. The van der Waals surface area contributed by atoms with Gasteiger partial charge in [0, 0.05) is 42.0 Å². The zero-order chi connectivity index (χ0) is 30.6. The molecule has 1 saturated heterocycles. The predicted molar refractivity (Wildman–Crippen MR) is 165 cm³/mol. The lowest BCUT2D eigenvalue weighted by Crippen LogP contribution is -2.55. The van der Waals surface area contributed by atoms with Crippen molar-refractivity contribution in [3.63, 3.8) is 0 Å². The van der Waals surface area contributed by atoms with Gasteiger partial charge in [-0.3, -0.25) is 14.3 Å². The van der Waals surface area contributed by atoms with E-state index in [1.165, 1.54) is 0 Å². The van der Waals surface area contributed by atoms with Gasteiger partial charge in [0.05, 0.1) is 29.6 Å². The first kappa shape index (κ1) is 30.5. The highest BCUT2D eigenvalue weighted by atomic mass is 32.2. The number of hydrogen-bond acceptors (Lipinski definition) is 8. The molecule has 3 aromatic rings. The third-order valence-corrected chi connectivity index (χ3v) is 9.72. The van der Waals surface area contributed by atoms with Gasteiger partial charge in [-0.1, -0.05) is 49.8 Å². The van der Waals surface area contributed by atoms with Crippen LogP contribution in [0, 0.1) is 5.92 Å². The van der Waals surface area contributed by atoms with E-state index in [-0.39, 0.29) is 6.10 Å². The number of methoxy groups -OCH3 is 1. The summed E-state index contributed by atoms with van der Waals surface area (Å²) in [6.45, 7) is 6.19. The Labute approximate surface area is 252 Å². The summed E-state index contributed by atoms with van der Waals surface area (Å²) in [6.07, 6.45) is 3.98. The van der Waals surface area contributed by atoms with Crippen LogP contribution >= 0.6 is 0 Å². The standard InChI is InChI=1S/C32H38N4O6S/c1-4-9-20(5-2)30(32(38)36-43(39,40)24-13-14-24)35-31(37)28-17-23(19-33-28)42-29-18-26(21-10-7-6-8-11-21)34-27-16-22(41-3)12-15-25(27)29/h5-8,10-12,15-16,18,20,23-24,28,30,33H,2,4,9,13-14,17,19H2,1,3H3,(H,35,37)(H,36,38). The molecule has 10 nitrogen and oxygen atoms in total. The zero-order valence-electron chi connectivity index (χ0n) is 24.4. The van der Waals surface area contributed by atoms with Crippen molar-refractivity contribution < 1.29 is 27.5 Å². The molecular formula is C32H38N4O6S. The first-order valence-corrected chi connectivity index (χ1v) is 16.2. The van der Waals surface area contributed by atoms with Crippen molar-refractivity contribution in [3.05, 3.63) is 67.3 Å². The largest absolute Gasteiger partial charge is 0.497 e. The molecule has 2 heterocycles. The van der Waals surface area contributed by atoms with E-state index in [0.717, 1.165) is 28.6 Å². The molecule has 43 heavy (non-hydrogen) atoms. The highest BCUT2D eigenvalue weighted by molar-refractivity contribution is 7.90. The SMILES string of the molecule is C=CC(CCC)C(NC(=O)C1CC(Oc2cc(-c3ccccc3)nc3cc(OC)ccc23)CN1)C(=O)NS(=O)(=O)C1CC1. The molecule has 11 heteroatoms. The number of hydrogen-bond donors (Lipinski definition) is 3. The molecule has 1 aliphatic carbocycles. The highest BCUT2D eigenvalue weighted by Gasteiger charge is 2.40. The van der Waals surface area contributed by atoms with Crippen LogP contribution < -0.4 is 24.8 Å². The molecule has 3 N–H and O–H groups in total. The van der Waals surface area contributed by atoms with Crippen LogP contribution in [-0.4, -0.2) is 62.3 Å². The van der Waals surface area contributed by atoms with Crippen molar-refractivity contribution in [2.75, 3.05) is 13.7 Å². The third kappa shape index (κ3) is 7.17. The Hall–Kier alpha value is -3.96. The molecule has 0 radical (unpaired) electrons. The van der Waals surface area contributed by atoms with E-state index in [1.54, 1.807) is 13.2 Å². The first-order chi connectivity index (χ1) is 20.7. The van der Waals surface area contributed by atoms with Gasteiger partial charge in [0.15, 0.2) is 0 Å². The second-order valence-corrected chi connectivity index (χ2v) is 13.0. The fourth-order valence-corrected chi connectivity index (χ4v) is 6.70. The van der Waals surface area contributed by atoms with E-state index >= 15 is 0 Å². The minimum atomic E-state index is -3.77. The van der Waals surface area contributed by atoms with Crippen molar-refractivity contribution in [3.8, 4) is 22.8 Å². The normalized spacial score (nSPS) is 19.8. The summed E-state index contributed by atoms with van der Waals surface area (Å²) in [5.74, 6) is -0.242. The monoisotopic (exact) mass is 606 g/mol. The minimum absolute atomic E-state index is 0.333. The lowest BCUT2D eigenvalue weighted by molar-refractivity contribution is -0.130. The van der Waals surface area contributed by atoms with Crippen molar-refractivity contribution in [1.82, 2.24) is 20.3 Å². The van der Waals surface area contributed by atoms with E-state index in [2.05, 4.69) is 21.9 Å². The molecule has 1 saturated carbocycles. The topological polar surface area (TPSA) is 136 Å². The molecule has 0 bridgehead atoms. The maximum Gasteiger partial charge on any atom is 0.256 e. The number of sulfonamides is 1. The number of fused-ring (bicyclic) bond motifs is 1. The molecule has 2 fully saturated rings. The number of carbonyl (C=O) groups is 2. The van der Waals surface area contributed by atoms with Crippen molar-refractivity contribution in [2.24, 2.45) is 5.92 Å². The summed E-state index contributed by atoms with van der Waals surface area (Å²) < 4.78 is 39.0. The summed E-state index contributed by atoms with van der Waals surface area (Å²) in [4.78, 5) is 31.4. The van der Waals surface area contributed by atoms with Crippen LogP contribution in [0.15, 0.2) is 67.3 Å². The minimum Gasteiger partial charge on any atom is -0.497 e. The fraction of sp³-hybridized carbons (Fsp3) is 0.406. The molecule has 2 aliphatic rings. The van der Waals surface area contributed by atoms with Crippen LogP contribution in [0.1, 0.15) is 39.0 Å². The smallest absolute Gasteiger partial charge is 0.256 e. The van der Waals surface area contributed by atoms with Crippen molar-refractivity contribution in [2.45, 2.75) is 62.5 Å². The van der Waals surface area contributed by atoms with Crippen molar-refractivity contribution >= 4 is 32.7 Å². The quantitative estimate of drug-likeness (QED) is 0.251. The number of carbonyl (C=O) groups excluding carboxylic acids is 2. The maximum absolute atomic E-state index is 13.4. The summed E-state index contributed by atoms with van der Waals surface area (Å²) in [7, 11) is -2.16. The van der Waals surface area contributed by atoms with Gasteiger partial charge < -0.3 is 20.1 Å². The molecular weight excluding hydrogens is 568 g/mol. The van der Waals surface area contributed by atoms with Crippen LogP contribution in [0.3, 0.4) is 0 Å². The Morgan fingerprint density at radius 1 is 1.16 bits per heavy atom. The number of pyridine rings is 1. The lowest BCUT2D eigenvalue weighted by Gasteiger charge is -2.26. The van der Waals surface area contributed by atoms with Gasteiger partial charge in [-0.15, -0.1) is 6.58 Å². The van der Waals surface area contributed by atoms with Gasteiger partial charge in [0.25, 0.3) is 5.91 Å². The third-order valence-electron chi connectivity index (χ3n) is 7.89. The molecule has 2 aromatic carbocycles. The van der Waals surface area contributed by atoms with Crippen LogP contribution in [0.4, 0.5) is 0 Å². The Kier molecular flexibility index (Phi) is 9.31. The van der Waals surface area contributed by atoms with Crippen LogP contribution in [0.2, 0.25) is 0 Å². The molecule has 4 atom stereocenters. The molecule has 2 amide bonds. The van der Waals surface area contributed by atoms with E-state index in [9.17, 15) is 18.0 Å². The van der Waals surface area contributed by atoms with Gasteiger partial charge in [-0.25, -0.2) is 13.4 Å². The average molecular weight is 607 g/mol. The fourth-order valence-electron chi connectivity index (χ4n) is 5.37. The number of benzene rings is 2. The first-order valence-electron chi connectivity index (χ1n) is 14.6. The van der Waals surface area contributed by atoms with E-state index < -0.39 is 45.1 Å². The molecule has 0 spiro atoms. The van der Waals surface area contributed by atoms with Crippen LogP contribution in [-0.2, 0) is 19.6 Å². The molecule has 1 aliphatic heterocycles. The molecule has 1 aromatic heterocycles. The molecule has 4 unspecified atom stereocenters. The summed E-state index contributed by atoms with van der Waals surface area (Å²) in [6, 6.07) is 15.6. The Bertz CT molecular complexity index is 1590. The molecule has 5 rings (SSSR count). The van der Waals surface area contributed by atoms with E-state index in [0.29, 0.717) is 43.7 Å². The van der Waals surface area contributed by atoms with Crippen LogP contribution in [0.5, 0.6) is 11.5 Å². The Balaban J connectivity index is 1.32. The summed E-state index contributed by atoms with van der Waals surface area (Å²) >= 11 is 0. The lowest BCUT2D eigenvalue weighted by atomic mass is 9.94. The van der Waals surface area contributed by atoms with Gasteiger partial charge in [0.1, 0.15) is 23.6 Å². The van der Waals surface area contributed by atoms with Gasteiger partial charge >= 0.3 is 0 Å². The Morgan fingerprint density at radius 3 is 2.60 bits per heavy atom. The van der Waals surface area contributed by atoms with Gasteiger partial charge in [0.2, 0.25) is 15.9 Å². The maximum atomic E-state index is 13.4. The van der Waals surface area contributed by atoms with E-state index in [1.807, 2.05) is 61.5 Å². The van der Waals surface area contributed by atoms with Crippen LogP contribution in [0.25, 0.3) is 22.2 Å². The number of nitrogens with zero attached hydrogens (tertiary/aromatic N) is 1. The van der Waals surface area contributed by atoms with Crippen molar-refractivity contribution in [1.29, 1.82) is 0 Å². The van der Waals surface area contributed by atoms with Gasteiger partial charge in [-0.05, 0) is 31.4 Å². The average Bonchev–Trinajstić information content (AvgIpc) is 3.78. The number of nitrogens with one attached hydrogen (secondary N) is 3. The zero-order valence-corrected chi connectivity index (χ0v) is 25.2. The number of ether oxygens (including phenoxy) is 2. The van der Waals surface area contributed by atoms with Gasteiger partial charge in [-0.2, -0.15) is 0 Å². The van der Waals surface area contributed by atoms with E-state index in [4.69, 9.17) is 14.5 Å². The summed E-state index contributed by atoms with van der Waals surface area (Å²) in [5.41, 5.74) is 2.41. The number of rotatable bonds is 13. The number of amides is 2. The summed E-state index contributed by atoms with van der Waals surface area (Å²) in [5, 5.41) is 6.27. The second-order valence-electron chi connectivity index (χ2n) is 11.1. The predicted octanol–water partition coefficient (Wildman–Crippen LogP) is 3.72. The number of aromatic nitrogens is 1. The second kappa shape index (κ2) is 13.1. The highest BCUT2D eigenvalue weighted by Crippen LogP contribution is 2.33.